The zero-order chi connectivity index (χ0) is 17.1. The fourth-order valence-corrected chi connectivity index (χ4v) is 3.70. The topological polar surface area (TPSA) is 0 Å². The minimum absolute atomic E-state index is 0.512. The van der Waals surface area contributed by atoms with Gasteiger partial charge in [-0.15, -0.1) is 0 Å². The average molecular weight is 316 g/mol. The lowest BCUT2D eigenvalue weighted by atomic mass is 9.88. The van der Waals surface area contributed by atoms with E-state index in [1.165, 1.54) is 27.5 Å². The van der Waals surface area contributed by atoms with Crippen molar-refractivity contribution in [3.05, 3.63) is 77.9 Å². The van der Waals surface area contributed by atoms with Gasteiger partial charge in [-0.25, -0.2) is 0 Å². The number of benzene rings is 2. The summed E-state index contributed by atoms with van der Waals surface area (Å²) in [6.07, 6.45) is 8.05. The lowest BCUT2D eigenvalue weighted by Crippen LogP contribution is -2.00. The third kappa shape index (κ3) is 3.70. The molecule has 0 amide bonds. The molecule has 2 aromatic carbocycles. The summed E-state index contributed by atoms with van der Waals surface area (Å²) in [6, 6.07) is 15.4. The zero-order valence-electron chi connectivity index (χ0n) is 15.2. The quantitative estimate of drug-likeness (QED) is 0.495. The van der Waals surface area contributed by atoms with Gasteiger partial charge in [0.25, 0.3) is 0 Å². The Morgan fingerprint density at radius 1 is 1.04 bits per heavy atom. The largest absolute Gasteiger partial charge is 0.0998 e. The van der Waals surface area contributed by atoms with Gasteiger partial charge in [0.15, 0.2) is 0 Å². The first-order chi connectivity index (χ1) is 11.5. The normalized spacial score (nSPS) is 17.2. The molecule has 0 heteroatoms. The van der Waals surface area contributed by atoms with Crippen molar-refractivity contribution in [2.45, 2.75) is 40.0 Å². The van der Waals surface area contributed by atoms with Gasteiger partial charge in [-0.2, -0.15) is 0 Å². The number of hydrogen-bond acceptors (Lipinski definition) is 0. The summed E-state index contributed by atoms with van der Waals surface area (Å²) in [5.41, 5.74) is 5.74. The van der Waals surface area contributed by atoms with Gasteiger partial charge in [-0.1, -0.05) is 87.0 Å². The molecule has 1 atom stereocenters. The molecule has 0 saturated heterocycles. The molecule has 1 aliphatic carbocycles. The summed E-state index contributed by atoms with van der Waals surface area (Å²) in [5.74, 6) is 1.22. The van der Waals surface area contributed by atoms with E-state index in [0.717, 1.165) is 19.3 Å². The molecule has 0 saturated carbocycles. The molecule has 0 bridgehead atoms. The molecule has 0 radical (unpaired) electrons. The molecule has 1 unspecified atom stereocenters. The number of rotatable bonds is 6. The maximum absolute atomic E-state index is 4.25. The van der Waals surface area contributed by atoms with Crippen LogP contribution in [-0.4, -0.2) is 0 Å². The summed E-state index contributed by atoms with van der Waals surface area (Å²) in [6.45, 7) is 11.1. The molecule has 0 heterocycles. The molecule has 0 nitrogen and oxygen atoms in total. The standard InChI is InChI=1S/C24H28/c1-17(2)15-18(3)9-10-20-13-14-24(19(20)4)23-12-11-21-7-5-6-8-22(21)16-23/h5-8,11-14,16-17,19H,3,9-10,15H2,1-2,4H3. The van der Waals surface area contributed by atoms with E-state index < -0.39 is 0 Å². The van der Waals surface area contributed by atoms with Crippen molar-refractivity contribution in [1.82, 2.24) is 0 Å². The molecule has 0 fully saturated rings. The molecule has 24 heavy (non-hydrogen) atoms. The van der Waals surface area contributed by atoms with Gasteiger partial charge < -0.3 is 0 Å². The van der Waals surface area contributed by atoms with Gasteiger partial charge in [0.2, 0.25) is 0 Å². The Morgan fingerprint density at radius 3 is 2.54 bits per heavy atom. The third-order valence-corrected chi connectivity index (χ3v) is 5.05. The van der Waals surface area contributed by atoms with Crippen molar-refractivity contribution in [1.29, 1.82) is 0 Å². The summed E-state index contributed by atoms with van der Waals surface area (Å²) >= 11 is 0. The summed E-state index contributed by atoms with van der Waals surface area (Å²) < 4.78 is 0. The molecular weight excluding hydrogens is 288 g/mol. The Morgan fingerprint density at radius 2 is 1.79 bits per heavy atom. The highest BCUT2D eigenvalue weighted by Gasteiger charge is 2.20. The summed E-state index contributed by atoms with van der Waals surface area (Å²) in [4.78, 5) is 0. The summed E-state index contributed by atoms with van der Waals surface area (Å²) in [5, 5.41) is 2.63. The molecular formula is C24H28. The van der Waals surface area contributed by atoms with Crippen LogP contribution >= 0.6 is 0 Å². The number of allylic oxidation sites excluding steroid dienone is 5. The van der Waals surface area contributed by atoms with E-state index in [1.54, 1.807) is 5.57 Å². The molecule has 2 aromatic rings. The van der Waals surface area contributed by atoms with E-state index in [0.29, 0.717) is 11.8 Å². The van der Waals surface area contributed by atoms with Crippen LogP contribution in [0.15, 0.2) is 72.3 Å². The third-order valence-electron chi connectivity index (χ3n) is 5.05. The van der Waals surface area contributed by atoms with E-state index in [1.807, 2.05) is 0 Å². The van der Waals surface area contributed by atoms with Crippen LogP contribution in [0.3, 0.4) is 0 Å². The SMILES string of the molecule is C=C(CCC1=CC=C(c2ccc3ccccc3c2)C1C)CC(C)C. The molecule has 0 aliphatic heterocycles. The lowest BCUT2D eigenvalue weighted by molar-refractivity contribution is 0.621. The summed E-state index contributed by atoms with van der Waals surface area (Å²) in [7, 11) is 0. The van der Waals surface area contributed by atoms with Crippen molar-refractivity contribution >= 4 is 16.3 Å². The van der Waals surface area contributed by atoms with Gasteiger partial charge in [0.05, 0.1) is 0 Å². The van der Waals surface area contributed by atoms with Crippen molar-refractivity contribution in [2.24, 2.45) is 11.8 Å². The van der Waals surface area contributed by atoms with E-state index in [9.17, 15) is 0 Å². The van der Waals surface area contributed by atoms with Gasteiger partial charge in [-0.05, 0) is 53.2 Å². The highest BCUT2D eigenvalue weighted by Crippen LogP contribution is 2.37. The van der Waals surface area contributed by atoms with Crippen molar-refractivity contribution < 1.29 is 0 Å². The average Bonchev–Trinajstić information content (AvgIpc) is 2.92. The second-order valence-corrected chi connectivity index (χ2v) is 7.50. The predicted octanol–water partition coefficient (Wildman–Crippen LogP) is 7.18. The first kappa shape index (κ1) is 16.8. The molecule has 3 rings (SSSR count). The first-order valence-electron chi connectivity index (χ1n) is 9.11. The molecule has 1 aliphatic rings. The highest BCUT2D eigenvalue weighted by atomic mass is 14.2. The van der Waals surface area contributed by atoms with Gasteiger partial charge >= 0.3 is 0 Å². The molecule has 0 aromatic heterocycles. The van der Waals surface area contributed by atoms with Crippen molar-refractivity contribution in [2.75, 3.05) is 0 Å². The van der Waals surface area contributed by atoms with Crippen LogP contribution in [0.25, 0.3) is 16.3 Å². The fraction of sp³-hybridized carbons (Fsp3) is 0.333. The minimum Gasteiger partial charge on any atom is -0.0998 e. The maximum Gasteiger partial charge on any atom is 0.00289 e. The Labute approximate surface area is 146 Å². The highest BCUT2D eigenvalue weighted by molar-refractivity contribution is 5.87. The maximum atomic E-state index is 4.25. The van der Waals surface area contributed by atoms with Crippen LogP contribution < -0.4 is 0 Å². The second kappa shape index (κ2) is 7.21. The lowest BCUT2D eigenvalue weighted by Gasteiger charge is -2.16. The van der Waals surface area contributed by atoms with E-state index in [-0.39, 0.29) is 0 Å². The Hall–Kier alpha value is -2.08. The van der Waals surface area contributed by atoms with Crippen LogP contribution in [-0.2, 0) is 0 Å². The van der Waals surface area contributed by atoms with Crippen LogP contribution in [0.4, 0.5) is 0 Å². The van der Waals surface area contributed by atoms with Crippen LogP contribution in [0.2, 0.25) is 0 Å². The van der Waals surface area contributed by atoms with E-state index in [2.05, 4.69) is 82.0 Å². The monoisotopic (exact) mass is 316 g/mol. The Kier molecular flexibility index (Phi) is 5.04. The van der Waals surface area contributed by atoms with E-state index in [4.69, 9.17) is 0 Å². The van der Waals surface area contributed by atoms with Gasteiger partial charge in [0.1, 0.15) is 0 Å². The molecule has 0 spiro atoms. The molecule has 0 N–H and O–H groups in total. The van der Waals surface area contributed by atoms with E-state index >= 15 is 0 Å². The Bertz CT molecular complexity index is 802. The number of fused-ring (bicyclic) bond motifs is 1. The van der Waals surface area contributed by atoms with Gasteiger partial charge in [-0.3, -0.25) is 0 Å². The minimum atomic E-state index is 0.512. The van der Waals surface area contributed by atoms with Crippen LogP contribution in [0.5, 0.6) is 0 Å². The fourth-order valence-electron chi connectivity index (χ4n) is 3.70. The zero-order valence-corrected chi connectivity index (χ0v) is 15.2. The van der Waals surface area contributed by atoms with Crippen LogP contribution in [0.1, 0.15) is 45.6 Å². The second-order valence-electron chi connectivity index (χ2n) is 7.50. The van der Waals surface area contributed by atoms with Gasteiger partial charge in [0, 0.05) is 5.92 Å². The predicted molar refractivity (Wildman–Crippen MR) is 107 cm³/mol. The van der Waals surface area contributed by atoms with Crippen molar-refractivity contribution in [3.8, 4) is 0 Å². The first-order valence-corrected chi connectivity index (χ1v) is 9.11. The Balaban J connectivity index is 1.68. The number of hydrogen-bond donors (Lipinski definition) is 0. The molecule has 124 valence electrons. The smallest absolute Gasteiger partial charge is 0.00289 e. The van der Waals surface area contributed by atoms with Crippen LogP contribution in [0, 0.1) is 11.8 Å². The van der Waals surface area contributed by atoms with Crippen molar-refractivity contribution in [3.63, 3.8) is 0 Å².